The summed E-state index contributed by atoms with van der Waals surface area (Å²) in [4.78, 5) is 0. The standard InChI is InChI=1S/C12H14.C2H6/c1-4-6-12-9-10(3)7-8-11(12)5-2;1-2/h4-9H,2H2,1,3H3;1-2H3/b6-4-;. The van der Waals surface area contributed by atoms with Gasteiger partial charge in [-0.25, -0.2) is 0 Å². The Bertz CT molecular complexity index is 306. The molecule has 0 aliphatic heterocycles. The van der Waals surface area contributed by atoms with Gasteiger partial charge in [0.15, 0.2) is 0 Å². The minimum Gasteiger partial charge on any atom is -0.0984 e. The summed E-state index contributed by atoms with van der Waals surface area (Å²) in [7, 11) is 0. The monoisotopic (exact) mass is 188 g/mol. The normalized spacial score (nSPS) is 9.43. The van der Waals surface area contributed by atoms with Crippen molar-refractivity contribution in [3.63, 3.8) is 0 Å². The van der Waals surface area contributed by atoms with Crippen molar-refractivity contribution in [2.45, 2.75) is 27.7 Å². The second kappa shape index (κ2) is 7.14. The number of hydrogen-bond acceptors (Lipinski definition) is 0. The zero-order valence-corrected chi connectivity index (χ0v) is 9.67. The number of allylic oxidation sites excluding steroid dienone is 1. The van der Waals surface area contributed by atoms with E-state index in [0.29, 0.717) is 0 Å². The summed E-state index contributed by atoms with van der Waals surface area (Å²) in [5, 5.41) is 0. The molecule has 0 aromatic heterocycles. The van der Waals surface area contributed by atoms with Crippen molar-refractivity contribution in [2.24, 2.45) is 0 Å². The average Bonchev–Trinajstić information content (AvgIpc) is 2.22. The first-order chi connectivity index (χ1) is 6.77. The summed E-state index contributed by atoms with van der Waals surface area (Å²) in [6.07, 6.45) is 6.03. The Balaban J connectivity index is 0.000000791. The third-order valence-corrected chi connectivity index (χ3v) is 1.81. The molecule has 0 bridgehead atoms. The minimum atomic E-state index is 1.19. The number of aryl methyl sites for hydroxylation is 1. The van der Waals surface area contributed by atoms with Crippen molar-refractivity contribution < 1.29 is 0 Å². The van der Waals surface area contributed by atoms with E-state index in [9.17, 15) is 0 Å². The number of hydrogen-bond donors (Lipinski definition) is 0. The van der Waals surface area contributed by atoms with Gasteiger partial charge in [-0.3, -0.25) is 0 Å². The third kappa shape index (κ3) is 3.61. The highest BCUT2D eigenvalue weighted by atomic mass is 14.0. The van der Waals surface area contributed by atoms with Gasteiger partial charge in [-0.1, -0.05) is 62.4 Å². The molecule has 0 fully saturated rings. The van der Waals surface area contributed by atoms with Crippen LogP contribution in [0.5, 0.6) is 0 Å². The molecule has 0 radical (unpaired) electrons. The van der Waals surface area contributed by atoms with Gasteiger partial charge in [0.1, 0.15) is 0 Å². The fourth-order valence-corrected chi connectivity index (χ4v) is 1.20. The lowest BCUT2D eigenvalue weighted by atomic mass is 10.0. The first kappa shape index (κ1) is 12.7. The fraction of sp³-hybridized carbons (Fsp3) is 0.286. The Morgan fingerprint density at radius 1 is 1.14 bits per heavy atom. The van der Waals surface area contributed by atoms with Crippen LogP contribution < -0.4 is 0 Å². The van der Waals surface area contributed by atoms with Gasteiger partial charge < -0.3 is 0 Å². The largest absolute Gasteiger partial charge is 0.0984 e. The maximum Gasteiger partial charge on any atom is -0.0185 e. The van der Waals surface area contributed by atoms with E-state index in [1.54, 1.807) is 0 Å². The third-order valence-electron chi connectivity index (χ3n) is 1.81. The molecule has 0 nitrogen and oxygen atoms in total. The van der Waals surface area contributed by atoms with Gasteiger partial charge in [0, 0.05) is 0 Å². The van der Waals surface area contributed by atoms with Crippen LogP contribution >= 0.6 is 0 Å². The van der Waals surface area contributed by atoms with Crippen LogP contribution in [-0.2, 0) is 0 Å². The van der Waals surface area contributed by atoms with E-state index in [-0.39, 0.29) is 0 Å². The van der Waals surface area contributed by atoms with E-state index >= 15 is 0 Å². The van der Waals surface area contributed by atoms with Gasteiger partial charge in [-0.05, 0) is 25.0 Å². The predicted octanol–water partition coefficient (Wildman–Crippen LogP) is 4.70. The van der Waals surface area contributed by atoms with E-state index in [0.717, 1.165) is 0 Å². The van der Waals surface area contributed by atoms with Crippen molar-refractivity contribution in [1.82, 2.24) is 0 Å². The maximum atomic E-state index is 3.77. The van der Waals surface area contributed by atoms with Gasteiger partial charge in [0.05, 0.1) is 0 Å². The van der Waals surface area contributed by atoms with Crippen LogP contribution in [0, 0.1) is 6.92 Å². The van der Waals surface area contributed by atoms with Gasteiger partial charge in [-0.15, -0.1) is 0 Å². The van der Waals surface area contributed by atoms with E-state index in [4.69, 9.17) is 0 Å². The van der Waals surface area contributed by atoms with Gasteiger partial charge in [-0.2, -0.15) is 0 Å². The molecule has 0 spiro atoms. The molecule has 0 saturated heterocycles. The quantitative estimate of drug-likeness (QED) is 0.631. The fourth-order valence-electron chi connectivity index (χ4n) is 1.20. The van der Waals surface area contributed by atoms with E-state index in [1.165, 1.54) is 16.7 Å². The predicted molar refractivity (Wildman–Crippen MR) is 67.3 cm³/mol. The molecule has 0 aliphatic rings. The Morgan fingerprint density at radius 2 is 1.79 bits per heavy atom. The Labute approximate surface area is 88.0 Å². The molecule has 0 aliphatic carbocycles. The number of rotatable bonds is 2. The number of benzene rings is 1. The molecular formula is C14H20. The van der Waals surface area contributed by atoms with Crippen LogP contribution in [0.1, 0.15) is 37.5 Å². The van der Waals surface area contributed by atoms with Crippen molar-refractivity contribution in [3.05, 3.63) is 47.5 Å². The average molecular weight is 188 g/mol. The van der Waals surface area contributed by atoms with Crippen LogP contribution in [0.25, 0.3) is 12.2 Å². The molecule has 0 saturated carbocycles. The topological polar surface area (TPSA) is 0 Å². The Kier molecular flexibility index (Phi) is 6.47. The Hall–Kier alpha value is -1.30. The molecule has 76 valence electrons. The molecule has 0 heteroatoms. The lowest BCUT2D eigenvalue weighted by Crippen LogP contribution is -1.81. The molecule has 0 N–H and O–H groups in total. The maximum absolute atomic E-state index is 3.77. The minimum absolute atomic E-state index is 1.19. The summed E-state index contributed by atoms with van der Waals surface area (Å²) in [5.41, 5.74) is 3.72. The van der Waals surface area contributed by atoms with E-state index < -0.39 is 0 Å². The Morgan fingerprint density at radius 3 is 2.29 bits per heavy atom. The zero-order valence-electron chi connectivity index (χ0n) is 9.67. The first-order valence-electron chi connectivity index (χ1n) is 5.13. The summed E-state index contributed by atoms with van der Waals surface area (Å²) < 4.78 is 0. The molecule has 0 unspecified atom stereocenters. The van der Waals surface area contributed by atoms with E-state index in [1.807, 2.05) is 32.9 Å². The van der Waals surface area contributed by atoms with Gasteiger partial charge in [0.2, 0.25) is 0 Å². The molecule has 0 amide bonds. The molecule has 0 atom stereocenters. The van der Waals surface area contributed by atoms with E-state index in [2.05, 4.69) is 37.8 Å². The van der Waals surface area contributed by atoms with Gasteiger partial charge in [0.25, 0.3) is 0 Å². The highest BCUT2D eigenvalue weighted by Gasteiger charge is 1.94. The smallest absolute Gasteiger partial charge is 0.0185 e. The van der Waals surface area contributed by atoms with Crippen molar-refractivity contribution in [1.29, 1.82) is 0 Å². The molecule has 0 heterocycles. The van der Waals surface area contributed by atoms with Gasteiger partial charge >= 0.3 is 0 Å². The highest BCUT2D eigenvalue weighted by molar-refractivity contribution is 5.64. The second-order valence-electron chi connectivity index (χ2n) is 2.84. The lowest BCUT2D eigenvalue weighted by Gasteiger charge is -2.01. The van der Waals surface area contributed by atoms with Crippen molar-refractivity contribution in [3.8, 4) is 0 Å². The lowest BCUT2D eigenvalue weighted by molar-refractivity contribution is 1.44. The van der Waals surface area contributed by atoms with Crippen LogP contribution in [0.4, 0.5) is 0 Å². The van der Waals surface area contributed by atoms with Crippen molar-refractivity contribution >= 4 is 12.2 Å². The summed E-state index contributed by atoms with van der Waals surface area (Å²) in [5.74, 6) is 0. The molecule has 14 heavy (non-hydrogen) atoms. The van der Waals surface area contributed by atoms with Crippen LogP contribution in [0.15, 0.2) is 30.9 Å². The summed E-state index contributed by atoms with van der Waals surface area (Å²) in [6.45, 7) is 11.9. The van der Waals surface area contributed by atoms with Crippen LogP contribution in [-0.4, -0.2) is 0 Å². The van der Waals surface area contributed by atoms with Crippen molar-refractivity contribution in [2.75, 3.05) is 0 Å². The second-order valence-corrected chi connectivity index (χ2v) is 2.84. The SMILES string of the molecule is C=Cc1ccc(C)cc1/C=C\C.CC. The van der Waals surface area contributed by atoms with Crippen LogP contribution in [0.2, 0.25) is 0 Å². The highest BCUT2D eigenvalue weighted by Crippen LogP contribution is 2.14. The molecule has 1 rings (SSSR count). The summed E-state index contributed by atoms with van der Waals surface area (Å²) >= 11 is 0. The summed E-state index contributed by atoms with van der Waals surface area (Å²) in [6, 6.07) is 6.36. The molecule has 1 aromatic rings. The van der Waals surface area contributed by atoms with Crippen LogP contribution in [0.3, 0.4) is 0 Å². The molecule has 1 aromatic carbocycles. The zero-order chi connectivity index (χ0) is 11.0. The first-order valence-corrected chi connectivity index (χ1v) is 5.13. The molecular weight excluding hydrogens is 168 g/mol.